The molecule has 2 rings (SSSR count). The Balaban J connectivity index is 1.92. The number of amides is 1. The smallest absolute Gasteiger partial charge is 0.330 e. The van der Waals surface area contributed by atoms with Crippen molar-refractivity contribution in [2.45, 2.75) is 37.8 Å². The Hall–Kier alpha value is -2.08. The van der Waals surface area contributed by atoms with Crippen LogP contribution in [0.5, 0.6) is 5.75 Å². The van der Waals surface area contributed by atoms with Gasteiger partial charge in [0.2, 0.25) is 5.91 Å². The van der Waals surface area contributed by atoms with Crippen LogP contribution in [0, 0.1) is 0 Å². The third-order valence-corrected chi connectivity index (χ3v) is 3.72. The number of carbonyl (C=O) groups is 2. The quantitative estimate of drug-likeness (QED) is 0.803. The van der Waals surface area contributed by atoms with Gasteiger partial charge in [0.1, 0.15) is 5.75 Å². The van der Waals surface area contributed by atoms with Gasteiger partial charge in [-0.05, 0) is 37.0 Å². The van der Waals surface area contributed by atoms with Crippen molar-refractivity contribution < 1.29 is 24.2 Å². The van der Waals surface area contributed by atoms with Crippen molar-refractivity contribution in [2.24, 2.45) is 0 Å². The zero-order valence-electron chi connectivity index (χ0n) is 12.6. The predicted octanol–water partition coefficient (Wildman–Crippen LogP) is 1.90. The van der Waals surface area contributed by atoms with E-state index in [1.54, 1.807) is 24.3 Å². The van der Waals surface area contributed by atoms with Crippen molar-refractivity contribution in [1.29, 1.82) is 0 Å². The molecule has 22 heavy (non-hydrogen) atoms. The lowest BCUT2D eigenvalue weighted by Crippen LogP contribution is -2.34. The average molecular weight is 307 g/mol. The molecule has 1 aliphatic rings. The highest BCUT2D eigenvalue weighted by atomic mass is 16.5. The van der Waals surface area contributed by atoms with E-state index in [1.165, 1.54) is 7.11 Å². The summed E-state index contributed by atoms with van der Waals surface area (Å²) in [4.78, 5) is 23.3. The van der Waals surface area contributed by atoms with Crippen molar-refractivity contribution in [3.05, 3.63) is 29.8 Å². The van der Waals surface area contributed by atoms with E-state index in [0.29, 0.717) is 17.7 Å². The molecule has 1 aliphatic heterocycles. The van der Waals surface area contributed by atoms with Gasteiger partial charge in [-0.15, -0.1) is 0 Å². The van der Waals surface area contributed by atoms with E-state index >= 15 is 0 Å². The first-order valence-electron chi connectivity index (χ1n) is 7.38. The topological polar surface area (TPSA) is 84.9 Å². The van der Waals surface area contributed by atoms with Crippen LogP contribution in [0.25, 0.3) is 0 Å². The lowest BCUT2D eigenvalue weighted by atomic mass is 10.1. The summed E-state index contributed by atoms with van der Waals surface area (Å²) >= 11 is 0. The summed E-state index contributed by atoms with van der Waals surface area (Å²) in [7, 11) is 1.54. The molecule has 1 heterocycles. The second-order valence-electron chi connectivity index (χ2n) is 5.29. The minimum absolute atomic E-state index is 0.120. The van der Waals surface area contributed by atoms with E-state index in [0.717, 1.165) is 19.4 Å². The molecular weight excluding hydrogens is 286 g/mol. The molecule has 0 bridgehead atoms. The first kappa shape index (κ1) is 16.3. The number of hydrogen-bond donors (Lipinski definition) is 2. The molecule has 1 aromatic carbocycles. The number of benzene rings is 1. The van der Waals surface area contributed by atoms with Gasteiger partial charge in [-0.25, -0.2) is 4.79 Å². The van der Waals surface area contributed by atoms with E-state index in [9.17, 15) is 14.7 Å². The molecule has 0 aliphatic carbocycles. The Morgan fingerprint density at radius 2 is 2.14 bits per heavy atom. The third kappa shape index (κ3) is 4.46. The summed E-state index contributed by atoms with van der Waals surface area (Å²) in [5, 5.41) is 11.9. The molecule has 6 nitrogen and oxygen atoms in total. The summed E-state index contributed by atoms with van der Waals surface area (Å²) in [6.45, 7) is 0.746. The minimum Gasteiger partial charge on any atom is -0.497 e. The SMILES string of the molecule is COc1ccc(C(NC(=O)CCC2CCCO2)C(=O)O)cc1. The van der Waals surface area contributed by atoms with Gasteiger partial charge >= 0.3 is 5.97 Å². The summed E-state index contributed by atoms with van der Waals surface area (Å²) in [6, 6.07) is 5.56. The van der Waals surface area contributed by atoms with Gasteiger partial charge in [-0.1, -0.05) is 12.1 Å². The molecule has 0 saturated carbocycles. The van der Waals surface area contributed by atoms with Crippen LogP contribution in [0.15, 0.2) is 24.3 Å². The number of carboxylic acid groups (broad SMARTS) is 1. The fraction of sp³-hybridized carbons (Fsp3) is 0.500. The van der Waals surface area contributed by atoms with Crippen molar-refractivity contribution in [3.8, 4) is 5.75 Å². The normalized spacial score (nSPS) is 18.7. The number of carbonyl (C=O) groups excluding carboxylic acids is 1. The van der Waals surface area contributed by atoms with Crippen LogP contribution in [0.1, 0.15) is 37.3 Å². The lowest BCUT2D eigenvalue weighted by molar-refractivity contribution is -0.142. The minimum atomic E-state index is -1.09. The summed E-state index contributed by atoms with van der Waals surface area (Å²) < 4.78 is 10.5. The van der Waals surface area contributed by atoms with Crippen LogP contribution in [-0.2, 0) is 14.3 Å². The molecule has 0 spiro atoms. The Kier molecular flexibility index (Phi) is 5.77. The molecule has 2 N–H and O–H groups in total. The van der Waals surface area contributed by atoms with Crippen molar-refractivity contribution in [2.75, 3.05) is 13.7 Å². The lowest BCUT2D eigenvalue weighted by Gasteiger charge is -2.16. The Bertz CT molecular complexity index is 508. The monoisotopic (exact) mass is 307 g/mol. The maximum atomic E-state index is 12.0. The number of methoxy groups -OCH3 is 1. The zero-order chi connectivity index (χ0) is 15.9. The molecule has 0 aromatic heterocycles. The van der Waals surface area contributed by atoms with E-state index in [2.05, 4.69) is 5.32 Å². The van der Waals surface area contributed by atoms with Crippen molar-refractivity contribution in [1.82, 2.24) is 5.32 Å². The zero-order valence-corrected chi connectivity index (χ0v) is 12.6. The van der Waals surface area contributed by atoms with Gasteiger partial charge in [0.25, 0.3) is 0 Å². The summed E-state index contributed by atoms with van der Waals surface area (Å²) in [6.07, 6.45) is 3.00. The van der Waals surface area contributed by atoms with Crippen LogP contribution in [0.4, 0.5) is 0 Å². The van der Waals surface area contributed by atoms with Crippen LogP contribution < -0.4 is 10.1 Å². The fourth-order valence-electron chi connectivity index (χ4n) is 2.48. The second-order valence-corrected chi connectivity index (χ2v) is 5.29. The maximum Gasteiger partial charge on any atom is 0.330 e. The standard InChI is InChI=1S/C16H21NO5/c1-21-12-6-4-11(5-7-12)15(16(19)20)17-14(18)9-8-13-3-2-10-22-13/h4-7,13,15H,2-3,8-10H2,1H3,(H,17,18)(H,19,20). The predicted molar refractivity (Wildman–Crippen MR) is 79.7 cm³/mol. The van der Waals surface area contributed by atoms with Crippen LogP contribution >= 0.6 is 0 Å². The molecule has 2 unspecified atom stereocenters. The number of carboxylic acids is 1. The van der Waals surface area contributed by atoms with Gasteiger partial charge in [0, 0.05) is 13.0 Å². The second kappa shape index (κ2) is 7.79. The highest BCUT2D eigenvalue weighted by Crippen LogP contribution is 2.19. The van der Waals surface area contributed by atoms with Gasteiger partial charge in [-0.2, -0.15) is 0 Å². The highest BCUT2D eigenvalue weighted by Gasteiger charge is 2.23. The molecule has 6 heteroatoms. The summed E-state index contributed by atoms with van der Waals surface area (Å²) in [5.74, 6) is -0.730. The van der Waals surface area contributed by atoms with Gasteiger partial charge in [0.05, 0.1) is 13.2 Å². The van der Waals surface area contributed by atoms with E-state index in [1.807, 2.05) is 0 Å². The average Bonchev–Trinajstić information content (AvgIpc) is 3.04. The van der Waals surface area contributed by atoms with Crippen LogP contribution in [0.2, 0.25) is 0 Å². The molecule has 2 atom stereocenters. The Morgan fingerprint density at radius 3 is 2.68 bits per heavy atom. The molecule has 0 radical (unpaired) electrons. The largest absolute Gasteiger partial charge is 0.497 e. The first-order chi connectivity index (χ1) is 10.6. The summed E-state index contributed by atoms with van der Waals surface area (Å²) in [5.41, 5.74) is 0.513. The molecule has 1 amide bonds. The van der Waals surface area contributed by atoms with E-state index < -0.39 is 12.0 Å². The van der Waals surface area contributed by atoms with Crippen LogP contribution in [0.3, 0.4) is 0 Å². The number of ether oxygens (including phenoxy) is 2. The first-order valence-corrected chi connectivity index (χ1v) is 7.38. The van der Waals surface area contributed by atoms with Gasteiger partial charge in [0.15, 0.2) is 6.04 Å². The van der Waals surface area contributed by atoms with Crippen LogP contribution in [-0.4, -0.2) is 36.8 Å². The molecule has 1 aromatic rings. The third-order valence-electron chi connectivity index (χ3n) is 3.72. The molecule has 120 valence electrons. The van der Waals surface area contributed by atoms with Gasteiger partial charge < -0.3 is 19.9 Å². The van der Waals surface area contributed by atoms with E-state index in [4.69, 9.17) is 9.47 Å². The molecular formula is C16H21NO5. The Labute approximate surface area is 129 Å². The highest BCUT2D eigenvalue weighted by molar-refractivity contribution is 5.84. The van der Waals surface area contributed by atoms with Gasteiger partial charge in [-0.3, -0.25) is 4.79 Å². The number of hydrogen-bond acceptors (Lipinski definition) is 4. The molecule has 1 fully saturated rings. The van der Waals surface area contributed by atoms with E-state index in [-0.39, 0.29) is 18.4 Å². The van der Waals surface area contributed by atoms with Crippen molar-refractivity contribution in [3.63, 3.8) is 0 Å². The molecule has 1 saturated heterocycles. The maximum absolute atomic E-state index is 12.0. The van der Waals surface area contributed by atoms with Crippen molar-refractivity contribution >= 4 is 11.9 Å². The number of nitrogens with one attached hydrogen (secondary N) is 1. The number of rotatable bonds is 7. The fourth-order valence-corrected chi connectivity index (χ4v) is 2.48. The Morgan fingerprint density at radius 1 is 1.41 bits per heavy atom. The number of aliphatic carboxylic acids is 1.